The molecule has 1 unspecified atom stereocenters. The molecular weight excluding hydrogens is 336 g/mol. The van der Waals surface area contributed by atoms with Crippen molar-refractivity contribution in [3.05, 3.63) is 58.9 Å². The van der Waals surface area contributed by atoms with E-state index in [4.69, 9.17) is 0 Å². The third-order valence-corrected chi connectivity index (χ3v) is 5.53. The van der Waals surface area contributed by atoms with Gasteiger partial charge in [-0.05, 0) is 38.3 Å². The smallest absolute Gasteiger partial charge is 0.255 e. The molecule has 27 heavy (non-hydrogen) atoms. The van der Waals surface area contributed by atoms with Crippen LogP contribution in [0.25, 0.3) is 11.0 Å². The average molecular weight is 362 g/mol. The summed E-state index contributed by atoms with van der Waals surface area (Å²) in [6.45, 7) is 4.68. The number of rotatable bonds is 2. The molecule has 3 heterocycles. The Balaban J connectivity index is 1.82. The highest BCUT2D eigenvalue weighted by Crippen LogP contribution is 2.33. The monoisotopic (exact) mass is 362 g/mol. The molecule has 140 valence electrons. The van der Waals surface area contributed by atoms with Crippen molar-refractivity contribution in [3.63, 3.8) is 0 Å². The van der Waals surface area contributed by atoms with Gasteiger partial charge in [0.2, 0.25) is 0 Å². The van der Waals surface area contributed by atoms with Crippen LogP contribution in [-0.4, -0.2) is 32.1 Å². The molecule has 1 amide bonds. The summed E-state index contributed by atoms with van der Waals surface area (Å²) in [4.78, 5) is 20.4. The van der Waals surface area contributed by atoms with Crippen molar-refractivity contribution in [2.24, 2.45) is 7.05 Å². The third kappa shape index (κ3) is 3.22. The number of nitrogens with zero attached hydrogens (tertiary/aromatic N) is 4. The first kappa shape index (κ1) is 17.7. The van der Waals surface area contributed by atoms with E-state index in [1.54, 1.807) is 4.68 Å². The van der Waals surface area contributed by atoms with E-state index < -0.39 is 0 Å². The summed E-state index contributed by atoms with van der Waals surface area (Å²) in [5.41, 5.74) is 4.43. The van der Waals surface area contributed by atoms with Gasteiger partial charge in [-0.2, -0.15) is 5.10 Å². The molecule has 0 bridgehead atoms. The molecule has 0 N–H and O–H groups in total. The Morgan fingerprint density at radius 1 is 1.11 bits per heavy atom. The van der Waals surface area contributed by atoms with E-state index in [2.05, 4.69) is 39.2 Å². The number of carbonyl (C=O) groups excluding carboxylic acids is 1. The zero-order valence-corrected chi connectivity index (χ0v) is 16.3. The van der Waals surface area contributed by atoms with Gasteiger partial charge in [0.15, 0.2) is 5.65 Å². The number of aryl methyl sites for hydroxylation is 3. The standard InChI is InChI=1S/C22H26N4O/c1-15-14-18(20-16(2)24-25(3)21(20)23-15)22(27)26-13-9-5-8-12-19(26)17-10-6-4-7-11-17/h4,6-7,10-11,14,19H,5,8-9,12-13H2,1-3H3. The van der Waals surface area contributed by atoms with Crippen LogP contribution >= 0.6 is 0 Å². The number of fused-ring (bicyclic) bond motifs is 1. The Labute approximate surface area is 160 Å². The molecule has 0 aliphatic carbocycles. The van der Waals surface area contributed by atoms with Crippen molar-refractivity contribution >= 4 is 16.9 Å². The van der Waals surface area contributed by atoms with Gasteiger partial charge in [-0.15, -0.1) is 0 Å². The third-order valence-electron chi connectivity index (χ3n) is 5.53. The lowest BCUT2D eigenvalue weighted by atomic mass is 9.99. The number of amides is 1. The highest BCUT2D eigenvalue weighted by Gasteiger charge is 2.29. The van der Waals surface area contributed by atoms with Crippen molar-refractivity contribution < 1.29 is 4.79 Å². The molecule has 5 nitrogen and oxygen atoms in total. The Hall–Kier alpha value is -2.69. The Bertz CT molecular complexity index is 977. The van der Waals surface area contributed by atoms with E-state index in [0.717, 1.165) is 53.8 Å². The summed E-state index contributed by atoms with van der Waals surface area (Å²) < 4.78 is 1.77. The van der Waals surface area contributed by atoms with Crippen molar-refractivity contribution in [1.82, 2.24) is 19.7 Å². The first-order valence-electron chi connectivity index (χ1n) is 9.73. The molecule has 1 atom stereocenters. The minimum Gasteiger partial charge on any atom is -0.332 e. The highest BCUT2D eigenvalue weighted by molar-refractivity contribution is 6.06. The van der Waals surface area contributed by atoms with E-state index >= 15 is 0 Å². The Morgan fingerprint density at radius 2 is 1.89 bits per heavy atom. The van der Waals surface area contributed by atoms with Gasteiger partial charge >= 0.3 is 0 Å². The van der Waals surface area contributed by atoms with Gasteiger partial charge in [-0.25, -0.2) is 4.98 Å². The van der Waals surface area contributed by atoms with Crippen LogP contribution in [0.5, 0.6) is 0 Å². The topological polar surface area (TPSA) is 51.0 Å². The van der Waals surface area contributed by atoms with Crippen LogP contribution in [-0.2, 0) is 7.05 Å². The zero-order chi connectivity index (χ0) is 19.0. The number of carbonyl (C=O) groups is 1. The fraction of sp³-hybridized carbons (Fsp3) is 0.409. The average Bonchev–Trinajstić information content (AvgIpc) is 2.85. The van der Waals surface area contributed by atoms with Gasteiger partial charge in [0.25, 0.3) is 5.91 Å². The number of benzene rings is 1. The molecule has 2 aromatic heterocycles. The normalized spacial score (nSPS) is 17.9. The zero-order valence-electron chi connectivity index (χ0n) is 16.3. The predicted molar refractivity (Wildman–Crippen MR) is 107 cm³/mol. The van der Waals surface area contributed by atoms with Gasteiger partial charge in [-0.3, -0.25) is 9.48 Å². The molecule has 0 spiro atoms. The molecule has 1 fully saturated rings. The molecule has 1 aliphatic rings. The highest BCUT2D eigenvalue weighted by atomic mass is 16.2. The van der Waals surface area contributed by atoms with Gasteiger partial charge < -0.3 is 4.90 Å². The van der Waals surface area contributed by atoms with Crippen LogP contribution in [0, 0.1) is 13.8 Å². The molecule has 1 saturated heterocycles. The molecule has 4 rings (SSSR count). The molecule has 5 heteroatoms. The van der Waals surface area contributed by atoms with Gasteiger partial charge in [-0.1, -0.05) is 43.2 Å². The molecule has 1 aromatic carbocycles. The molecular formula is C22H26N4O. The van der Waals surface area contributed by atoms with Crippen LogP contribution < -0.4 is 0 Å². The van der Waals surface area contributed by atoms with Crippen molar-refractivity contribution in [3.8, 4) is 0 Å². The lowest BCUT2D eigenvalue weighted by Crippen LogP contribution is -2.35. The SMILES string of the molecule is Cc1cc(C(=O)N2CCCCCC2c2ccccc2)c2c(C)nn(C)c2n1. The first-order valence-corrected chi connectivity index (χ1v) is 9.73. The second-order valence-electron chi connectivity index (χ2n) is 7.49. The van der Waals surface area contributed by atoms with Gasteiger partial charge in [0.05, 0.1) is 22.7 Å². The summed E-state index contributed by atoms with van der Waals surface area (Å²) >= 11 is 0. The maximum absolute atomic E-state index is 13.7. The van der Waals surface area contributed by atoms with Gasteiger partial charge in [0, 0.05) is 19.3 Å². The number of likely N-dealkylation sites (tertiary alicyclic amines) is 1. The van der Waals surface area contributed by atoms with Crippen LogP contribution in [0.4, 0.5) is 0 Å². The van der Waals surface area contributed by atoms with Crippen molar-refractivity contribution in [2.75, 3.05) is 6.54 Å². The largest absolute Gasteiger partial charge is 0.332 e. The molecule has 0 radical (unpaired) electrons. The van der Waals surface area contributed by atoms with E-state index in [0.29, 0.717) is 0 Å². The van der Waals surface area contributed by atoms with Gasteiger partial charge in [0.1, 0.15) is 0 Å². The molecule has 3 aromatic rings. The van der Waals surface area contributed by atoms with Crippen molar-refractivity contribution in [1.29, 1.82) is 0 Å². The fourth-order valence-electron chi connectivity index (χ4n) is 4.27. The maximum Gasteiger partial charge on any atom is 0.255 e. The summed E-state index contributed by atoms with van der Waals surface area (Å²) in [5.74, 6) is 0.0948. The Morgan fingerprint density at radius 3 is 2.67 bits per heavy atom. The second-order valence-corrected chi connectivity index (χ2v) is 7.49. The lowest BCUT2D eigenvalue weighted by molar-refractivity contribution is 0.0682. The van der Waals surface area contributed by atoms with Crippen LogP contribution in [0.3, 0.4) is 0 Å². The number of aromatic nitrogens is 3. The van der Waals surface area contributed by atoms with Crippen LogP contribution in [0.15, 0.2) is 36.4 Å². The quantitative estimate of drug-likeness (QED) is 0.681. The summed E-state index contributed by atoms with van der Waals surface area (Å²) in [6, 6.07) is 12.5. The molecule has 0 saturated carbocycles. The Kier molecular flexibility index (Phi) is 4.68. The number of hydrogen-bond acceptors (Lipinski definition) is 3. The predicted octanol–water partition coefficient (Wildman–Crippen LogP) is 4.34. The fourth-order valence-corrected chi connectivity index (χ4v) is 4.27. The molecule has 1 aliphatic heterocycles. The first-order chi connectivity index (χ1) is 13.1. The minimum absolute atomic E-state index is 0.0948. The van der Waals surface area contributed by atoms with E-state index in [1.165, 1.54) is 12.0 Å². The maximum atomic E-state index is 13.7. The number of pyridine rings is 1. The second kappa shape index (κ2) is 7.14. The summed E-state index contributed by atoms with van der Waals surface area (Å²) in [7, 11) is 1.88. The summed E-state index contributed by atoms with van der Waals surface area (Å²) in [6.07, 6.45) is 4.38. The minimum atomic E-state index is 0.0948. The van der Waals surface area contributed by atoms with Crippen LogP contribution in [0.2, 0.25) is 0 Å². The van der Waals surface area contributed by atoms with Crippen LogP contribution in [0.1, 0.15) is 59.0 Å². The number of hydrogen-bond donors (Lipinski definition) is 0. The lowest BCUT2D eigenvalue weighted by Gasteiger charge is -2.31. The summed E-state index contributed by atoms with van der Waals surface area (Å²) in [5, 5.41) is 5.38. The van der Waals surface area contributed by atoms with E-state index in [9.17, 15) is 4.79 Å². The van der Waals surface area contributed by atoms with E-state index in [1.807, 2.05) is 33.0 Å². The van der Waals surface area contributed by atoms with Crippen molar-refractivity contribution in [2.45, 2.75) is 45.6 Å². The van der Waals surface area contributed by atoms with E-state index in [-0.39, 0.29) is 11.9 Å².